The zero-order chi connectivity index (χ0) is 43.7. The number of hydrogen-bond donors (Lipinski definition) is 0. The van der Waals surface area contributed by atoms with E-state index in [2.05, 4.69) is 106 Å². The molecule has 0 rings (SSSR count). The van der Waals surface area contributed by atoms with Crippen molar-refractivity contribution in [1.29, 1.82) is 0 Å². The molecule has 0 aliphatic heterocycles. The summed E-state index contributed by atoms with van der Waals surface area (Å²) in [5.74, 6) is -0.971. The molecule has 0 bridgehead atoms. The predicted molar refractivity (Wildman–Crippen MR) is 256 cm³/mol. The van der Waals surface area contributed by atoms with Crippen LogP contribution in [-0.4, -0.2) is 37.2 Å². The number of esters is 3. The summed E-state index contributed by atoms with van der Waals surface area (Å²) in [6, 6.07) is 0. The molecule has 6 heteroatoms. The number of unbranched alkanes of at least 4 members (excludes halogenated alkanes) is 18. The van der Waals surface area contributed by atoms with E-state index in [1.54, 1.807) is 0 Å². The van der Waals surface area contributed by atoms with Crippen LogP contribution >= 0.6 is 0 Å². The van der Waals surface area contributed by atoms with Crippen molar-refractivity contribution in [2.45, 2.75) is 226 Å². The highest BCUT2D eigenvalue weighted by molar-refractivity contribution is 5.71. The summed E-state index contributed by atoms with van der Waals surface area (Å²) in [5.41, 5.74) is 0. The molecule has 342 valence electrons. The van der Waals surface area contributed by atoms with Gasteiger partial charge in [-0.2, -0.15) is 0 Å². The summed E-state index contributed by atoms with van der Waals surface area (Å²) in [5, 5.41) is 0. The number of allylic oxidation sites excluding steroid dienone is 14. The van der Waals surface area contributed by atoms with E-state index in [0.29, 0.717) is 19.3 Å². The SMILES string of the molecule is CC/C=C\C/C=C\C/C=C\C/C=C\C/C=C\CCCCCC(=O)OCC(COC(=O)CCCC/C=C\C/C=C\CC)OC(=O)CCCCCCCCCCCCCCCC. The van der Waals surface area contributed by atoms with Crippen LogP contribution < -0.4 is 0 Å². The highest BCUT2D eigenvalue weighted by Crippen LogP contribution is 2.14. The van der Waals surface area contributed by atoms with Crippen molar-refractivity contribution in [3.8, 4) is 0 Å². The highest BCUT2D eigenvalue weighted by Gasteiger charge is 2.19. The number of ether oxygens (including phenoxy) is 3. The molecular formula is C54H90O6. The van der Waals surface area contributed by atoms with Gasteiger partial charge in [0.05, 0.1) is 0 Å². The Kier molecular flexibility index (Phi) is 45.5. The molecule has 0 aromatic rings. The molecule has 60 heavy (non-hydrogen) atoms. The van der Waals surface area contributed by atoms with Crippen LogP contribution in [0.3, 0.4) is 0 Å². The number of hydrogen-bond acceptors (Lipinski definition) is 6. The second-order valence-corrected chi connectivity index (χ2v) is 16.0. The molecule has 0 fully saturated rings. The van der Waals surface area contributed by atoms with E-state index < -0.39 is 6.10 Å². The molecule has 0 saturated heterocycles. The molecule has 0 aromatic heterocycles. The smallest absolute Gasteiger partial charge is 0.306 e. The largest absolute Gasteiger partial charge is 0.462 e. The Balaban J connectivity index is 4.41. The van der Waals surface area contributed by atoms with Crippen LogP contribution in [0, 0.1) is 0 Å². The van der Waals surface area contributed by atoms with Crippen LogP contribution in [0.4, 0.5) is 0 Å². The Hall–Kier alpha value is -3.41. The zero-order valence-corrected chi connectivity index (χ0v) is 38.9. The first-order valence-electron chi connectivity index (χ1n) is 24.6. The minimum absolute atomic E-state index is 0.103. The number of carbonyl (C=O) groups excluding carboxylic acids is 3. The minimum Gasteiger partial charge on any atom is -0.462 e. The molecule has 0 radical (unpaired) electrons. The monoisotopic (exact) mass is 835 g/mol. The quantitative estimate of drug-likeness (QED) is 0.0263. The second kappa shape index (κ2) is 48.3. The van der Waals surface area contributed by atoms with E-state index in [-0.39, 0.29) is 31.1 Å². The Morgan fingerprint density at radius 1 is 0.350 bits per heavy atom. The third-order valence-electron chi connectivity index (χ3n) is 10.1. The predicted octanol–water partition coefficient (Wildman–Crippen LogP) is 16.0. The molecule has 0 saturated carbocycles. The van der Waals surface area contributed by atoms with E-state index in [1.165, 1.54) is 70.6 Å². The molecule has 0 spiro atoms. The van der Waals surface area contributed by atoms with Crippen LogP contribution in [-0.2, 0) is 28.6 Å². The third kappa shape index (κ3) is 45.7. The Bertz CT molecular complexity index is 1190. The van der Waals surface area contributed by atoms with Gasteiger partial charge in [0, 0.05) is 19.3 Å². The standard InChI is InChI=1S/C54H90O6/c1-4-7-10-13-16-19-21-23-25-26-27-28-29-31-32-35-38-41-44-47-53(56)59-50-51(49-58-52(55)46-43-40-37-34-18-15-12-9-6-3)60-54(57)48-45-42-39-36-33-30-24-22-20-17-14-11-8-5-2/h7,9-10,12,16,18-19,23,25,27-28,31-32,34,51H,4-6,8,11,13-15,17,20-22,24,26,29-30,33,35-50H2,1-3H3/b10-7-,12-9-,19-16-,25-23-,28-27-,32-31-,34-18-. The summed E-state index contributed by atoms with van der Waals surface area (Å²) < 4.78 is 16.7. The van der Waals surface area contributed by atoms with Crippen LogP contribution in [0.1, 0.15) is 220 Å². The van der Waals surface area contributed by atoms with Gasteiger partial charge in [-0.1, -0.05) is 196 Å². The zero-order valence-electron chi connectivity index (χ0n) is 38.9. The lowest BCUT2D eigenvalue weighted by molar-refractivity contribution is -0.167. The summed E-state index contributed by atoms with van der Waals surface area (Å²) in [4.78, 5) is 37.8. The van der Waals surface area contributed by atoms with Gasteiger partial charge in [-0.25, -0.2) is 0 Å². The number of carbonyl (C=O) groups is 3. The molecule has 0 aromatic carbocycles. The molecule has 0 aliphatic rings. The van der Waals surface area contributed by atoms with Gasteiger partial charge in [0.15, 0.2) is 6.10 Å². The molecule has 1 atom stereocenters. The van der Waals surface area contributed by atoms with Gasteiger partial charge in [-0.15, -0.1) is 0 Å². The summed E-state index contributed by atoms with van der Waals surface area (Å²) >= 11 is 0. The lowest BCUT2D eigenvalue weighted by atomic mass is 10.0. The summed E-state index contributed by atoms with van der Waals surface area (Å²) in [6.07, 6.45) is 61.5. The molecule has 0 heterocycles. The topological polar surface area (TPSA) is 78.9 Å². The van der Waals surface area contributed by atoms with E-state index in [4.69, 9.17) is 14.2 Å². The molecule has 0 aliphatic carbocycles. The van der Waals surface area contributed by atoms with E-state index >= 15 is 0 Å². The molecular weight excluding hydrogens is 745 g/mol. The Morgan fingerprint density at radius 3 is 1.05 bits per heavy atom. The lowest BCUT2D eigenvalue weighted by Gasteiger charge is -2.18. The maximum absolute atomic E-state index is 12.7. The van der Waals surface area contributed by atoms with Crippen LogP contribution in [0.2, 0.25) is 0 Å². The van der Waals surface area contributed by atoms with Gasteiger partial charge in [-0.3, -0.25) is 14.4 Å². The normalized spacial score (nSPS) is 12.8. The van der Waals surface area contributed by atoms with Crippen molar-refractivity contribution in [2.24, 2.45) is 0 Å². The fourth-order valence-electron chi connectivity index (χ4n) is 6.50. The Morgan fingerprint density at radius 2 is 0.650 bits per heavy atom. The van der Waals surface area contributed by atoms with Crippen molar-refractivity contribution in [3.63, 3.8) is 0 Å². The van der Waals surface area contributed by atoms with Crippen LogP contribution in [0.25, 0.3) is 0 Å². The average Bonchev–Trinajstić information content (AvgIpc) is 3.24. The van der Waals surface area contributed by atoms with Gasteiger partial charge < -0.3 is 14.2 Å². The van der Waals surface area contributed by atoms with Gasteiger partial charge >= 0.3 is 17.9 Å². The fourth-order valence-corrected chi connectivity index (χ4v) is 6.50. The average molecular weight is 835 g/mol. The van der Waals surface area contributed by atoms with Crippen molar-refractivity contribution in [1.82, 2.24) is 0 Å². The Labute approximate surface area is 369 Å². The van der Waals surface area contributed by atoms with Crippen molar-refractivity contribution in [2.75, 3.05) is 13.2 Å². The van der Waals surface area contributed by atoms with Gasteiger partial charge in [0.25, 0.3) is 0 Å². The third-order valence-corrected chi connectivity index (χ3v) is 10.1. The van der Waals surface area contributed by atoms with Crippen molar-refractivity contribution < 1.29 is 28.6 Å². The van der Waals surface area contributed by atoms with E-state index in [0.717, 1.165) is 109 Å². The van der Waals surface area contributed by atoms with Crippen LogP contribution in [0.5, 0.6) is 0 Å². The van der Waals surface area contributed by atoms with Gasteiger partial charge in [-0.05, 0) is 89.9 Å². The summed E-state index contributed by atoms with van der Waals surface area (Å²) in [6.45, 7) is 6.33. The maximum atomic E-state index is 12.7. The number of rotatable bonds is 43. The molecule has 6 nitrogen and oxygen atoms in total. The highest BCUT2D eigenvalue weighted by atomic mass is 16.6. The first-order valence-corrected chi connectivity index (χ1v) is 24.6. The van der Waals surface area contributed by atoms with Crippen molar-refractivity contribution in [3.05, 3.63) is 85.1 Å². The van der Waals surface area contributed by atoms with Gasteiger partial charge in [0.1, 0.15) is 13.2 Å². The minimum atomic E-state index is -0.800. The summed E-state index contributed by atoms with van der Waals surface area (Å²) in [7, 11) is 0. The van der Waals surface area contributed by atoms with E-state index in [1.807, 2.05) is 0 Å². The van der Waals surface area contributed by atoms with Gasteiger partial charge in [0.2, 0.25) is 0 Å². The first-order chi connectivity index (χ1) is 29.5. The van der Waals surface area contributed by atoms with Crippen LogP contribution in [0.15, 0.2) is 85.1 Å². The lowest BCUT2D eigenvalue weighted by Crippen LogP contribution is -2.30. The first kappa shape index (κ1) is 56.6. The molecule has 1 unspecified atom stereocenters. The fraction of sp³-hybridized carbons (Fsp3) is 0.685. The molecule has 0 N–H and O–H groups in total. The van der Waals surface area contributed by atoms with Crippen molar-refractivity contribution >= 4 is 17.9 Å². The molecule has 0 amide bonds. The maximum Gasteiger partial charge on any atom is 0.306 e. The second-order valence-electron chi connectivity index (χ2n) is 16.0. The van der Waals surface area contributed by atoms with E-state index in [9.17, 15) is 14.4 Å².